The number of hydrogen-bond donors (Lipinski definition) is 1. The Kier molecular flexibility index (Phi) is 6.13. The Bertz CT molecular complexity index is 602. The Labute approximate surface area is 145 Å². The van der Waals surface area contributed by atoms with Crippen LogP contribution in [0.2, 0.25) is 5.02 Å². The fourth-order valence-electron chi connectivity index (χ4n) is 3.56. The first kappa shape index (κ1) is 16.5. The van der Waals surface area contributed by atoms with Gasteiger partial charge in [-0.15, -0.1) is 0 Å². The Morgan fingerprint density at radius 2 is 1.70 bits per heavy atom. The zero-order valence-electron chi connectivity index (χ0n) is 13.7. The molecule has 0 spiro atoms. The van der Waals surface area contributed by atoms with Gasteiger partial charge in [-0.3, -0.25) is 0 Å². The van der Waals surface area contributed by atoms with Gasteiger partial charge in [0, 0.05) is 11.6 Å². The molecule has 0 aromatic heterocycles. The molecule has 3 rings (SSSR count). The molecule has 2 heteroatoms. The summed E-state index contributed by atoms with van der Waals surface area (Å²) in [4.78, 5) is 0. The molecule has 0 atom stereocenters. The minimum absolute atomic E-state index is 0.815. The van der Waals surface area contributed by atoms with Crippen LogP contribution in [0.15, 0.2) is 48.5 Å². The van der Waals surface area contributed by atoms with Crippen LogP contribution in [0, 0.1) is 5.92 Å². The third-order valence-electron chi connectivity index (χ3n) is 4.85. The van der Waals surface area contributed by atoms with E-state index in [1.54, 1.807) is 0 Å². The monoisotopic (exact) mass is 327 g/mol. The highest BCUT2D eigenvalue weighted by Gasteiger charge is 2.12. The first-order chi connectivity index (χ1) is 11.3. The van der Waals surface area contributed by atoms with Gasteiger partial charge in [0.1, 0.15) is 0 Å². The molecule has 2 aromatic carbocycles. The molecular weight excluding hydrogens is 302 g/mol. The van der Waals surface area contributed by atoms with E-state index in [0.29, 0.717) is 0 Å². The van der Waals surface area contributed by atoms with Crippen LogP contribution in [-0.2, 0) is 6.54 Å². The summed E-state index contributed by atoms with van der Waals surface area (Å²) in [6.07, 6.45) is 8.47. The number of hydrogen-bond acceptors (Lipinski definition) is 1. The lowest BCUT2D eigenvalue weighted by Gasteiger charge is -2.21. The topological polar surface area (TPSA) is 12.0 Å². The van der Waals surface area contributed by atoms with Crippen LogP contribution in [0.4, 0.5) is 0 Å². The smallest absolute Gasteiger partial charge is 0.0415 e. The molecule has 1 N–H and O–H groups in total. The molecule has 0 aliphatic heterocycles. The van der Waals surface area contributed by atoms with E-state index in [9.17, 15) is 0 Å². The zero-order chi connectivity index (χ0) is 15.9. The van der Waals surface area contributed by atoms with Gasteiger partial charge in [0.15, 0.2) is 0 Å². The lowest BCUT2D eigenvalue weighted by Crippen LogP contribution is -2.19. The third-order valence-corrected chi connectivity index (χ3v) is 5.07. The summed E-state index contributed by atoms with van der Waals surface area (Å²) in [5, 5.41) is 4.41. The van der Waals surface area contributed by atoms with E-state index >= 15 is 0 Å². The molecule has 0 saturated heterocycles. The van der Waals surface area contributed by atoms with E-state index in [1.807, 2.05) is 12.1 Å². The minimum Gasteiger partial charge on any atom is -0.313 e. The standard InChI is InChI=1S/C21H26ClN/c22-21-14-18(13-20(15-21)19-9-5-2-6-10-19)16-23-12-11-17-7-3-1-4-8-17/h2,5-6,9-10,13-15,17,23H,1,3-4,7-8,11-12,16H2. The maximum absolute atomic E-state index is 6.31. The molecule has 0 heterocycles. The highest BCUT2D eigenvalue weighted by atomic mass is 35.5. The summed E-state index contributed by atoms with van der Waals surface area (Å²) in [5.74, 6) is 0.940. The molecule has 0 amide bonds. The van der Waals surface area contributed by atoms with E-state index in [2.05, 4.69) is 41.7 Å². The Hall–Kier alpha value is -1.31. The van der Waals surface area contributed by atoms with E-state index in [4.69, 9.17) is 11.6 Å². The van der Waals surface area contributed by atoms with Gasteiger partial charge in [0.05, 0.1) is 0 Å². The molecule has 23 heavy (non-hydrogen) atoms. The molecule has 1 aliphatic carbocycles. The van der Waals surface area contributed by atoms with Crippen LogP contribution in [0.3, 0.4) is 0 Å². The van der Waals surface area contributed by atoms with E-state index in [1.165, 1.54) is 55.2 Å². The molecule has 0 radical (unpaired) electrons. The third kappa shape index (κ3) is 5.09. The van der Waals surface area contributed by atoms with Crippen LogP contribution < -0.4 is 5.32 Å². The minimum atomic E-state index is 0.815. The molecule has 2 aromatic rings. The molecule has 1 aliphatic rings. The fourth-order valence-corrected chi connectivity index (χ4v) is 3.82. The van der Waals surface area contributed by atoms with Gasteiger partial charge in [-0.25, -0.2) is 0 Å². The van der Waals surface area contributed by atoms with Crippen molar-refractivity contribution in [2.45, 2.75) is 45.1 Å². The SMILES string of the molecule is Clc1cc(CNCCC2CCCCC2)cc(-c2ccccc2)c1. The second-order valence-corrected chi connectivity index (χ2v) is 7.12. The summed E-state index contributed by atoms with van der Waals surface area (Å²) in [6, 6.07) is 16.8. The lowest BCUT2D eigenvalue weighted by molar-refractivity contribution is 0.334. The average Bonchev–Trinajstić information content (AvgIpc) is 2.60. The zero-order valence-corrected chi connectivity index (χ0v) is 14.5. The number of benzene rings is 2. The van der Waals surface area contributed by atoms with Crippen molar-refractivity contribution < 1.29 is 0 Å². The van der Waals surface area contributed by atoms with Gasteiger partial charge in [-0.05, 0) is 53.8 Å². The molecule has 1 saturated carbocycles. The summed E-state index contributed by atoms with van der Waals surface area (Å²) in [5.41, 5.74) is 3.68. The maximum atomic E-state index is 6.31. The predicted octanol–water partition coefficient (Wildman–Crippen LogP) is 6.07. The van der Waals surface area contributed by atoms with Gasteiger partial charge >= 0.3 is 0 Å². The largest absolute Gasteiger partial charge is 0.313 e. The highest BCUT2D eigenvalue weighted by Crippen LogP contribution is 2.26. The normalized spacial score (nSPS) is 15.7. The van der Waals surface area contributed by atoms with Crippen LogP contribution >= 0.6 is 11.6 Å². The fraction of sp³-hybridized carbons (Fsp3) is 0.429. The maximum Gasteiger partial charge on any atom is 0.0415 e. The highest BCUT2D eigenvalue weighted by molar-refractivity contribution is 6.31. The van der Waals surface area contributed by atoms with Gasteiger partial charge < -0.3 is 5.32 Å². The predicted molar refractivity (Wildman–Crippen MR) is 99.8 cm³/mol. The summed E-state index contributed by atoms with van der Waals surface area (Å²) in [7, 11) is 0. The van der Waals surface area contributed by atoms with Gasteiger partial charge in [-0.2, -0.15) is 0 Å². The van der Waals surface area contributed by atoms with E-state index < -0.39 is 0 Å². The van der Waals surface area contributed by atoms with Gasteiger partial charge in [0.2, 0.25) is 0 Å². The molecule has 0 bridgehead atoms. The van der Waals surface area contributed by atoms with Crippen molar-refractivity contribution in [2.24, 2.45) is 5.92 Å². The first-order valence-corrected chi connectivity index (χ1v) is 9.25. The summed E-state index contributed by atoms with van der Waals surface area (Å²) >= 11 is 6.31. The van der Waals surface area contributed by atoms with Crippen molar-refractivity contribution in [3.05, 3.63) is 59.1 Å². The van der Waals surface area contributed by atoms with Crippen molar-refractivity contribution in [3.8, 4) is 11.1 Å². The number of nitrogens with one attached hydrogen (secondary N) is 1. The van der Waals surface area contributed by atoms with Crippen LogP contribution in [0.25, 0.3) is 11.1 Å². The van der Waals surface area contributed by atoms with Gasteiger partial charge in [-0.1, -0.05) is 74.0 Å². The Balaban J connectivity index is 1.54. The van der Waals surface area contributed by atoms with Crippen molar-refractivity contribution in [1.82, 2.24) is 5.32 Å². The molecule has 1 nitrogen and oxygen atoms in total. The van der Waals surface area contributed by atoms with Crippen LogP contribution in [0.1, 0.15) is 44.1 Å². The van der Waals surface area contributed by atoms with Crippen LogP contribution in [-0.4, -0.2) is 6.54 Å². The Morgan fingerprint density at radius 1 is 0.913 bits per heavy atom. The molecule has 122 valence electrons. The van der Waals surface area contributed by atoms with Crippen molar-refractivity contribution in [2.75, 3.05) is 6.54 Å². The van der Waals surface area contributed by atoms with E-state index in [0.717, 1.165) is 24.0 Å². The summed E-state index contributed by atoms with van der Waals surface area (Å²) < 4.78 is 0. The second-order valence-electron chi connectivity index (χ2n) is 6.68. The van der Waals surface area contributed by atoms with Crippen molar-refractivity contribution in [3.63, 3.8) is 0 Å². The Morgan fingerprint density at radius 3 is 2.48 bits per heavy atom. The second kappa shape index (κ2) is 8.52. The van der Waals surface area contributed by atoms with Crippen molar-refractivity contribution >= 4 is 11.6 Å². The average molecular weight is 328 g/mol. The molecule has 0 unspecified atom stereocenters. The first-order valence-electron chi connectivity index (χ1n) is 8.87. The van der Waals surface area contributed by atoms with E-state index in [-0.39, 0.29) is 0 Å². The van der Waals surface area contributed by atoms with Gasteiger partial charge in [0.25, 0.3) is 0 Å². The molecular formula is C21H26ClN. The molecule has 1 fully saturated rings. The quantitative estimate of drug-likeness (QED) is 0.635. The lowest BCUT2D eigenvalue weighted by atomic mass is 9.87. The van der Waals surface area contributed by atoms with Crippen molar-refractivity contribution in [1.29, 1.82) is 0 Å². The number of halogens is 1. The summed E-state index contributed by atoms with van der Waals surface area (Å²) in [6.45, 7) is 2.00. The number of rotatable bonds is 6. The van der Waals surface area contributed by atoms with Crippen LogP contribution in [0.5, 0.6) is 0 Å².